The maximum absolute atomic E-state index is 12.1. The van der Waals surface area contributed by atoms with Crippen molar-refractivity contribution >= 4 is 11.6 Å². The minimum absolute atomic E-state index is 0. The van der Waals surface area contributed by atoms with Crippen LogP contribution in [0.3, 0.4) is 0 Å². The Labute approximate surface area is 210 Å². The van der Waals surface area contributed by atoms with Crippen LogP contribution in [0.1, 0.15) is 110 Å². The van der Waals surface area contributed by atoms with Gasteiger partial charge in [-0.25, -0.2) is 0 Å². The lowest BCUT2D eigenvalue weighted by molar-refractivity contribution is 0.0926. The predicted molar refractivity (Wildman–Crippen MR) is 146 cm³/mol. The van der Waals surface area contributed by atoms with Gasteiger partial charge in [0.1, 0.15) is 0 Å². The molecule has 34 heavy (non-hydrogen) atoms. The van der Waals surface area contributed by atoms with E-state index in [4.69, 9.17) is 0 Å². The van der Waals surface area contributed by atoms with E-state index in [1.54, 1.807) is 31.5 Å². The number of aromatic nitrogens is 2. The summed E-state index contributed by atoms with van der Waals surface area (Å²) in [6.07, 6.45) is 5.37. The molecule has 0 radical (unpaired) electrons. The highest BCUT2D eigenvalue weighted by molar-refractivity contribution is 5.97. The van der Waals surface area contributed by atoms with Gasteiger partial charge in [-0.15, -0.1) is 0 Å². The highest BCUT2D eigenvalue weighted by Crippen LogP contribution is 2.12. The molecule has 6 nitrogen and oxygen atoms in total. The Kier molecular flexibility index (Phi) is 16.7. The molecule has 194 valence electrons. The summed E-state index contributed by atoms with van der Waals surface area (Å²) in [5, 5.41) is 6.64. The van der Waals surface area contributed by atoms with Crippen LogP contribution in [0.15, 0.2) is 36.7 Å². The van der Waals surface area contributed by atoms with Crippen molar-refractivity contribution in [2.45, 2.75) is 100 Å². The summed E-state index contributed by atoms with van der Waals surface area (Å²) < 4.78 is 0. The van der Waals surface area contributed by atoms with E-state index in [9.17, 15) is 9.59 Å². The fourth-order valence-corrected chi connectivity index (χ4v) is 2.72. The number of hydrogen-bond acceptors (Lipinski definition) is 6. The van der Waals surface area contributed by atoms with Gasteiger partial charge in [-0.2, -0.15) is 0 Å². The molecule has 0 saturated carbocycles. The number of carbonyl (C=O) groups excluding carboxylic acids is 2. The summed E-state index contributed by atoms with van der Waals surface area (Å²) in [4.78, 5) is 31.6. The SMILES string of the molecule is CC.CC(=O)c1ccnc(CNC(C)C)c1.CCC(C)NCc1cc(C(=O)C(C)CC)ccn1.[HH].[HH]. The molecule has 2 unspecified atom stereocenters. The molecule has 2 aromatic heterocycles. The van der Waals surface area contributed by atoms with E-state index in [1.807, 2.05) is 39.8 Å². The summed E-state index contributed by atoms with van der Waals surface area (Å²) in [5.41, 5.74) is 3.34. The lowest BCUT2D eigenvalue weighted by Gasteiger charge is -2.12. The monoisotopic (exact) mass is 474 g/mol. The van der Waals surface area contributed by atoms with Crippen molar-refractivity contribution in [3.05, 3.63) is 59.2 Å². The summed E-state index contributed by atoms with van der Waals surface area (Å²) >= 11 is 0. The second kappa shape index (κ2) is 18.0. The van der Waals surface area contributed by atoms with Gasteiger partial charge in [-0.3, -0.25) is 19.6 Å². The zero-order valence-corrected chi connectivity index (χ0v) is 22.7. The van der Waals surface area contributed by atoms with Crippen molar-refractivity contribution in [3.63, 3.8) is 0 Å². The zero-order chi connectivity index (χ0) is 26.1. The standard InChI is InChI=1S/C15H24N2O.C11H16N2O.C2H6.2H2/c1-5-11(3)15(18)13-7-8-16-14(9-13)10-17-12(4)6-2;1-8(2)13-7-11-6-10(9(3)14)4-5-12-11;1-2;;/h7-9,11-12,17H,5-6,10H2,1-4H3;4-6,8,13H,7H2,1-3H3;1-2H3;2*1H. The zero-order valence-electron chi connectivity index (χ0n) is 22.7. The van der Waals surface area contributed by atoms with E-state index in [2.05, 4.69) is 48.3 Å². The molecule has 0 bridgehead atoms. The Bertz CT molecular complexity index is 863. The predicted octanol–water partition coefficient (Wildman–Crippen LogP) is 6.50. The molecule has 0 aromatic carbocycles. The summed E-state index contributed by atoms with van der Waals surface area (Å²) in [6.45, 7) is 19.4. The van der Waals surface area contributed by atoms with Crippen molar-refractivity contribution < 1.29 is 12.4 Å². The number of Topliss-reactive ketones (excluding diaryl/α,β-unsaturated/α-hetero) is 2. The first kappa shape index (κ1) is 31.6. The molecule has 0 aliphatic rings. The van der Waals surface area contributed by atoms with Crippen molar-refractivity contribution in [2.75, 3.05) is 0 Å². The fraction of sp³-hybridized carbons (Fsp3) is 0.571. The third kappa shape index (κ3) is 12.7. The largest absolute Gasteiger partial charge is 0.309 e. The van der Waals surface area contributed by atoms with Crippen molar-refractivity contribution in [3.8, 4) is 0 Å². The number of carbonyl (C=O) groups is 2. The van der Waals surface area contributed by atoms with E-state index in [0.717, 1.165) is 41.9 Å². The highest BCUT2D eigenvalue weighted by atomic mass is 16.1. The van der Waals surface area contributed by atoms with Crippen LogP contribution in [-0.4, -0.2) is 33.6 Å². The first-order chi connectivity index (χ1) is 16.2. The van der Waals surface area contributed by atoms with Crippen LogP contribution in [0.25, 0.3) is 0 Å². The maximum atomic E-state index is 12.1. The molecule has 2 heterocycles. The van der Waals surface area contributed by atoms with Crippen LogP contribution >= 0.6 is 0 Å². The van der Waals surface area contributed by atoms with Crippen LogP contribution in [0.5, 0.6) is 0 Å². The Morgan fingerprint density at radius 3 is 1.82 bits per heavy atom. The molecule has 2 rings (SSSR count). The third-order valence-corrected chi connectivity index (χ3v) is 5.32. The van der Waals surface area contributed by atoms with Crippen LogP contribution in [-0.2, 0) is 13.1 Å². The molecular formula is C28H50N4O2. The molecule has 2 N–H and O–H groups in total. The molecule has 2 aromatic rings. The maximum Gasteiger partial charge on any atom is 0.165 e. The van der Waals surface area contributed by atoms with Crippen molar-refractivity contribution in [1.29, 1.82) is 0 Å². The van der Waals surface area contributed by atoms with Gasteiger partial charge in [0.2, 0.25) is 0 Å². The number of pyridine rings is 2. The van der Waals surface area contributed by atoms with Crippen molar-refractivity contribution in [1.82, 2.24) is 20.6 Å². The van der Waals surface area contributed by atoms with Gasteiger partial charge in [0.15, 0.2) is 11.6 Å². The average Bonchev–Trinajstić information content (AvgIpc) is 2.86. The Morgan fingerprint density at radius 1 is 0.853 bits per heavy atom. The Morgan fingerprint density at radius 2 is 1.35 bits per heavy atom. The molecule has 0 aliphatic carbocycles. The minimum atomic E-state index is 0. The van der Waals surface area contributed by atoms with E-state index in [-0.39, 0.29) is 20.3 Å². The Balaban J connectivity index is -0.000000550. The smallest absolute Gasteiger partial charge is 0.165 e. The lowest BCUT2D eigenvalue weighted by Crippen LogP contribution is -2.25. The highest BCUT2D eigenvalue weighted by Gasteiger charge is 2.13. The molecule has 0 spiro atoms. The number of nitrogens with one attached hydrogen (secondary N) is 2. The van der Waals surface area contributed by atoms with Gasteiger partial charge in [0.05, 0.1) is 11.4 Å². The summed E-state index contributed by atoms with van der Waals surface area (Å²) in [6, 6.07) is 8.18. The number of rotatable bonds is 11. The van der Waals surface area contributed by atoms with E-state index < -0.39 is 0 Å². The van der Waals surface area contributed by atoms with Gasteiger partial charge in [0, 0.05) is 57.5 Å². The third-order valence-electron chi connectivity index (χ3n) is 5.32. The van der Waals surface area contributed by atoms with Crippen molar-refractivity contribution in [2.24, 2.45) is 5.92 Å². The van der Waals surface area contributed by atoms with E-state index in [0.29, 0.717) is 18.6 Å². The van der Waals surface area contributed by atoms with Gasteiger partial charge in [-0.05, 0) is 51.0 Å². The number of ketones is 2. The molecule has 6 heteroatoms. The summed E-state index contributed by atoms with van der Waals surface area (Å²) in [7, 11) is 0. The first-order valence-electron chi connectivity index (χ1n) is 12.6. The van der Waals surface area contributed by atoms with Crippen LogP contribution < -0.4 is 10.6 Å². The number of hydrogen-bond donors (Lipinski definition) is 2. The van der Waals surface area contributed by atoms with Gasteiger partial charge in [0.25, 0.3) is 0 Å². The van der Waals surface area contributed by atoms with E-state index >= 15 is 0 Å². The average molecular weight is 475 g/mol. The van der Waals surface area contributed by atoms with E-state index in [1.165, 1.54) is 0 Å². The quantitative estimate of drug-likeness (QED) is 0.362. The van der Waals surface area contributed by atoms with Gasteiger partial charge < -0.3 is 10.6 Å². The Hall–Kier alpha value is -2.44. The number of nitrogens with zero attached hydrogens (tertiary/aromatic N) is 2. The molecule has 0 amide bonds. The van der Waals surface area contributed by atoms with Crippen LogP contribution in [0.2, 0.25) is 0 Å². The summed E-state index contributed by atoms with van der Waals surface area (Å²) in [5.74, 6) is 0.380. The second-order valence-electron chi connectivity index (χ2n) is 8.53. The normalized spacial score (nSPS) is 12.1. The molecular weight excluding hydrogens is 424 g/mol. The van der Waals surface area contributed by atoms with Crippen LogP contribution in [0, 0.1) is 5.92 Å². The minimum Gasteiger partial charge on any atom is -0.309 e. The molecule has 0 fully saturated rings. The van der Waals surface area contributed by atoms with Gasteiger partial charge in [-0.1, -0.05) is 48.5 Å². The first-order valence-corrected chi connectivity index (χ1v) is 12.6. The van der Waals surface area contributed by atoms with Gasteiger partial charge >= 0.3 is 0 Å². The molecule has 2 atom stereocenters. The second-order valence-corrected chi connectivity index (χ2v) is 8.53. The van der Waals surface area contributed by atoms with Crippen LogP contribution in [0.4, 0.5) is 0 Å². The lowest BCUT2D eigenvalue weighted by atomic mass is 9.97. The fourth-order valence-electron chi connectivity index (χ4n) is 2.72. The molecule has 0 aliphatic heterocycles. The topological polar surface area (TPSA) is 84.0 Å². The molecule has 0 saturated heterocycles.